The highest BCUT2D eigenvalue weighted by atomic mass is 35.5. The fourth-order valence-electron chi connectivity index (χ4n) is 1.97. The highest BCUT2D eigenvalue weighted by molar-refractivity contribution is 6.30. The minimum atomic E-state index is -0.463. The van der Waals surface area contributed by atoms with Crippen LogP contribution in [-0.4, -0.2) is 19.9 Å². The molecule has 1 N–H and O–H groups in total. The summed E-state index contributed by atoms with van der Waals surface area (Å²) in [6, 6.07) is 4.39. The van der Waals surface area contributed by atoms with Crippen molar-refractivity contribution in [3.63, 3.8) is 0 Å². The van der Waals surface area contributed by atoms with E-state index >= 15 is 0 Å². The van der Waals surface area contributed by atoms with E-state index in [0.717, 1.165) is 0 Å². The van der Waals surface area contributed by atoms with Gasteiger partial charge in [-0.3, -0.25) is 0 Å². The lowest BCUT2D eigenvalue weighted by molar-refractivity contribution is 0.250. The van der Waals surface area contributed by atoms with Gasteiger partial charge >= 0.3 is 0 Å². The summed E-state index contributed by atoms with van der Waals surface area (Å²) in [6.45, 7) is 5.56. The van der Waals surface area contributed by atoms with Crippen molar-refractivity contribution in [1.29, 1.82) is 0 Å². The van der Waals surface area contributed by atoms with Gasteiger partial charge in [-0.2, -0.15) is 0 Å². The number of aromatic nitrogens is 3. The van der Waals surface area contributed by atoms with Crippen LogP contribution in [0.3, 0.4) is 0 Å². The van der Waals surface area contributed by atoms with Gasteiger partial charge in [0.15, 0.2) is 11.6 Å². The van der Waals surface area contributed by atoms with E-state index in [1.54, 1.807) is 16.7 Å². The molecule has 0 saturated heterocycles. The lowest BCUT2D eigenvalue weighted by atomic mass is 10.1. The molecule has 0 radical (unpaired) electrons. The maximum Gasteiger partial charge on any atom is 0.167 e. The molecule has 1 heterocycles. The van der Waals surface area contributed by atoms with Crippen LogP contribution in [0.15, 0.2) is 18.2 Å². The Hall–Kier alpha value is -1.46. The SMILES string of the molecule is CC(C)(C)n1c(CO)nnc1-c1ccc(Cl)cc1F. The van der Waals surface area contributed by atoms with Crippen molar-refractivity contribution in [3.8, 4) is 11.4 Å². The van der Waals surface area contributed by atoms with E-state index in [-0.39, 0.29) is 12.1 Å². The zero-order valence-electron chi connectivity index (χ0n) is 11.0. The maximum atomic E-state index is 14.0. The normalized spacial score (nSPS) is 11.9. The summed E-state index contributed by atoms with van der Waals surface area (Å²) in [5.41, 5.74) is -0.0605. The van der Waals surface area contributed by atoms with Crippen molar-refractivity contribution >= 4 is 11.6 Å². The number of aliphatic hydroxyl groups is 1. The fourth-order valence-corrected chi connectivity index (χ4v) is 2.13. The minimum Gasteiger partial charge on any atom is -0.388 e. The quantitative estimate of drug-likeness (QED) is 0.922. The molecule has 0 aliphatic rings. The molecule has 2 rings (SSSR count). The summed E-state index contributed by atoms with van der Waals surface area (Å²) in [7, 11) is 0. The molecular weight excluding hydrogens is 269 g/mol. The molecule has 2 aromatic rings. The summed E-state index contributed by atoms with van der Waals surface area (Å²) in [5, 5.41) is 17.5. The van der Waals surface area contributed by atoms with E-state index in [9.17, 15) is 9.50 Å². The van der Waals surface area contributed by atoms with E-state index in [1.807, 2.05) is 20.8 Å². The fraction of sp³-hybridized carbons (Fsp3) is 0.385. The zero-order valence-corrected chi connectivity index (χ0v) is 11.7. The zero-order chi connectivity index (χ0) is 14.2. The second kappa shape index (κ2) is 4.90. The van der Waals surface area contributed by atoms with Crippen molar-refractivity contribution in [2.24, 2.45) is 0 Å². The average molecular weight is 284 g/mol. The molecule has 6 heteroatoms. The van der Waals surface area contributed by atoms with Crippen LogP contribution in [0.4, 0.5) is 4.39 Å². The molecule has 19 heavy (non-hydrogen) atoms. The second-order valence-electron chi connectivity index (χ2n) is 5.23. The predicted molar refractivity (Wildman–Crippen MR) is 71.3 cm³/mol. The number of benzene rings is 1. The number of nitrogens with zero attached hydrogens (tertiary/aromatic N) is 3. The molecule has 0 aliphatic carbocycles. The van der Waals surface area contributed by atoms with Crippen LogP contribution in [0.25, 0.3) is 11.4 Å². The number of aliphatic hydroxyl groups excluding tert-OH is 1. The van der Waals surface area contributed by atoms with Gasteiger partial charge in [0.2, 0.25) is 0 Å². The molecule has 0 unspecified atom stereocenters. The van der Waals surface area contributed by atoms with Crippen molar-refractivity contribution in [2.45, 2.75) is 32.9 Å². The molecule has 0 saturated carbocycles. The third kappa shape index (κ3) is 2.62. The minimum absolute atomic E-state index is 0.251. The van der Waals surface area contributed by atoms with Crippen LogP contribution in [0.5, 0.6) is 0 Å². The topological polar surface area (TPSA) is 50.9 Å². The number of halogens is 2. The van der Waals surface area contributed by atoms with Gasteiger partial charge in [0, 0.05) is 10.6 Å². The van der Waals surface area contributed by atoms with Crippen LogP contribution < -0.4 is 0 Å². The molecule has 0 bridgehead atoms. The van der Waals surface area contributed by atoms with Gasteiger partial charge in [-0.15, -0.1) is 10.2 Å². The number of rotatable bonds is 2. The Labute approximate surface area is 115 Å². The van der Waals surface area contributed by atoms with Crippen molar-refractivity contribution in [1.82, 2.24) is 14.8 Å². The highest BCUT2D eigenvalue weighted by Crippen LogP contribution is 2.29. The molecule has 0 fully saturated rings. The van der Waals surface area contributed by atoms with Gasteiger partial charge < -0.3 is 9.67 Å². The summed E-state index contributed by atoms with van der Waals surface area (Å²) in [4.78, 5) is 0. The molecule has 1 aromatic heterocycles. The molecule has 0 amide bonds. The Morgan fingerprint density at radius 1 is 1.32 bits per heavy atom. The first-order valence-corrected chi connectivity index (χ1v) is 6.23. The molecule has 1 aromatic carbocycles. The number of hydrogen-bond donors (Lipinski definition) is 1. The van der Waals surface area contributed by atoms with Gasteiger partial charge in [-0.05, 0) is 39.0 Å². The standard InChI is InChI=1S/C13H15ClFN3O/c1-13(2,3)18-11(7-19)16-17-12(18)9-5-4-8(14)6-10(9)15/h4-6,19H,7H2,1-3H3. The van der Waals surface area contributed by atoms with Gasteiger partial charge in [-0.25, -0.2) is 4.39 Å². The van der Waals surface area contributed by atoms with Crippen LogP contribution in [0, 0.1) is 5.82 Å². The largest absolute Gasteiger partial charge is 0.388 e. The smallest absolute Gasteiger partial charge is 0.167 e. The Balaban J connectivity index is 2.66. The molecular formula is C13H15ClFN3O. The predicted octanol–water partition coefficient (Wildman–Crippen LogP) is 2.98. The van der Waals surface area contributed by atoms with E-state index in [1.165, 1.54) is 6.07 Å². The van der Waals surface area contributed by atoms with Gasteiger partial charge in [0.1, 0.15) is 12.4 Å². The third-order valence-corrected chi connectivity index (χ3v) is 2.95. The van der Waals surface area contributed by atoms with E-state index in [4.69, 9.17) is 11.6 Å². The Morgan fingerprint density at radius 3 is 2.53 bits per heavy atom. The third-order valence-electron chi connectivity index (χ3n) is 2.71. The van der Waals surface area contributed by atoms with Gasteiger partial charge in [0.05, 0.1) is 5.56 Å². The highest BCUT2D eigenvalue weighted by Gasteiger charge is 2.24. The van der Waals surface area contributed by atoms with Crippen LogP contribution in [-0.2, 0) is 12.1 Å². The lowest BCUT2D eigenvalue weighted by Crippen LogP contribution is -2.25. The van der Waals surface area contributed by atoms with E-state index in [2.05, 4.69) is 10.2 Å². The van der Waals surface area contributed by atoms with Crippen LogP contribution in [0.1, 0.15) is 26.6 Å². The molecule has 4 nitrogen and oxygen atoms in total. The molecule has 102 valence electrons. The van der Waals surface area contributed by atoms with Crippen LogP contribution in [0.2, 0.25) is 5.02 Å². The summed E-state index contributed by atoms with van der Waals surface area (Å²) in [5.74, 6) is 0.317. The van der Waals surface area contributed by atoms with Crippen molar-refractivity contribution < 1.29 is 9.50 Å². The molecule has 0 aliphatic heterocycles. The van der Waals surface area contributed by atoms with E-state index in [0.29, 0.717) is 22.2 Å². The first-order chi connectivity index (χ1) is 8.84. The molecule has 0 spiro atoms. The summed E-state index contributed by atoms with van der Waals surface area (Å²) < 4.78 is 15.7. The monoisotopic (exact) mass is 283 g/mol. The lowest BCUT2D eigenvalue weighted by Gasteiger charge is -2.24. The van der Waals surface area contributed by atoms with E-state index < -0.39 is 5.82 Å². The first-order valence-electron chi connectivity index (χ1n) is 5.85. The van der Waals surface area contributed by atoms with Crippen molar-refractivity contribution in [2.75, 3.05) is 0 Å². The Morgan fingerprint density at radius 2 is 2.00 bits per heavy atom. The summed E-state index contributed by atoms with van der Waals surface area (Å²) >= 11 is 5.74. The molecule has 0 atom stereocenters. The van der Waals surface area contributed by atoms with Gasteiger partial charge in [0.25, 0.3) is 0 Å². The Kier molecular flexibility index (Phi) is 3.60. The second-order valence-corrected chi connectivity index (χ2v) is 5.66. The maximum absolute atomic E-state index is 14.0. The summed E-state index contributed by atoms with van der Waals surface area (Å²) in [6.07, 6.45) is 0. The number of hydrogen-bond acceptors (Lipinski definition) is 3. The van der Waals surface area contributed by atoms with Crippen molar-refractivity contribution in [3.05, 3.63) is 34.9 Å². The first kappa shape index (κ1) is 14.0. The Bertz CT molecular complexity index is 604. The van der Waals surface area contributed by atoms with Gasteiger partial charge in [-0.1, -0.05) is 11.6 Å². The van der Waals surface area contributed by atoms with Crippen LogP contribution >= 0.6 is 11.6 Å². The average Bonchev–Trinajstić information content (AvgIpc) is 2.72.